The number of aliphatic hydroxyl groups is 1. The molecule has 0 unspecified atom stereocenters. The molecule has 0 aliphatic rings. The van der Waals surface area contributed by atoms with Gasteiger partial charge in [0.05, 0.1) is 12.4 Å². The highest BCUT2D eigenvalue weighted by Gasteiger charge is 1.94. The van der Waals surface area contributed by atoms with Crippen molar-refractivity contribution < 1.29 is 13.5 Å². The van der Waals surface area contributed by atoms with Gasteiger partial charge in [0.2, 0.25) is 0 Å². The van der Waals surface area contributed by atoms with Gasteiger partial charge in [0.15, 0.2) is 0 Å². The van der Waals surface area contributed by atoms with Crippen LogP contribution in [0.2, 0.25) is 0 Å². The van der Waals surface area contributed by atoms with Crippen LogP contribution in [0.3, 0.4) is 0 Å². The first kappa shape index (κ1) is 10.2. The molecule has 0 aliphatic carbocycles. The van der Waals surface area contributed by atoms with E-state index >= 15 is 0 Å². The van der Waals surface area contributed by atoms with Crippen LogP contribution < -0.4 is 0 Å². The van der Waals surface area contributed by atoms with E-state index in [1.54, 1.807) is 12.1 Å². The Morgan fingerprint density at radius 1 is 1.08 bits per heavy atom. The van der Waals surface area contributed by atoms with Crippen LogP contribution in [0.1, 0.15) is 11.1 Å². The Morgan fingerprint density at radius 3 is 2.08 bits per heavy atom. The molecule has 1 N–H and O–H groups in total. The van der Waals surface area contributed by atoms with Crippen molar-refractivity contribution in [3.63, 3.8) is 0 Å². The average molecular weight is 200 g/mol. The molecular weight excluding hydrogens is 188 g/mol. The van der Waals surface area contributed by atoms with Gasteiger partial charge in [0, 0.05) is 0 Å². The summed E-state index contributed by atoms with van der Waals surface area (Å²) in [6.45, 7) is 0.0239. The molecule has 72 valence electrons. The predicted octanol–water partition coefficient (Wildman–Crippen LogP) is 0.333. The van der Waals surface area contributed by atoms with Crippen molar-refractivity contribution in [3.8, 4) is 0 Å². The van der Waals surface area contributed by atoms with Crippen LogP contribution in [0.4, 0.5) is 0 Å². The van der Waals surface area contributed by atoms with Crippen LogP contribution in [-0.2, 0) is 23.7 Å². The van der Waals surface area contributed by atoms with Gasteiger partial charge in [-0.25, -0.2) is 8.42 Å². The zero-order valence-electron chi connectivity index (χ0n) is 7.14. The Morgan fingerprint density at radius 2 is 1.62 bits per heavy atom. The number of aryl methyl sites for hydroxylation is 1. The van der Waals surface area contributed by atoms with Crippen molar-refractivity contribution >= 4 is 10.7 Å². The molecule has 0 atom stereocenters. The lowest BCUT2D eigenvalue weighted by Gasteiger charge is -1.99. The summed E-state index contributed by atoms with van der Waals surface area (Å²) in [4.78, 5) is 0. The molecule has 0 heterocycles. The minimum Gasteiger partial charge on any atom is -0.392 e. The maximum Gasteiger partial charge on any atom is 0.140 e. The summed E-state index contributed by atoms with van der Waals surface area (Å²) in [5, 5.41) is 8.75. The fraction of sp³-hybridized carbons (Fsp3) is 0.333. The molecule has 0 saturated carbocycles. The summed E-state index contributed by atoms with van der Waals surface area (Å²) in [5.41, 5.74) is 1.83. The molecule has 1 aromatic carbocycles. The molecule has 1 rings (SSSR count). The monoisotopic (exact) mass is 200 g/mol. The third kappa shape index (κ3) is 3.57. The van der Waals surface area contributed by atoms with Gasteiger partial charge in [-0.15, -0.1) is 0 Å². The molecule has 0 fully saturated rings. The van der Waals surface area contributed by atoms with Gasteiger partial charge in [-0.3, -0.25) is 0 Å². The second-order valence-corrected chi connectivity index (χ2v) is 3.89. The molecule has 13 heavy (non-hydrogen) atoms. The van der Waals surface area contributed by atoms with Crippen LogP contribution in [0.25, 0.3) is 0 Å². The maximum atomic E-state index is 10.3. The molecule has 1 aromatic rings. The zero-order chi connectivity index (χ0) is 9.68. The van der Waals surface area contributed by atoms with Gasteiger partial charge in [-0.1, -0.05) is 24.3 Å². The van der Waals surface area contributed by atoms with E-state index in [-0.39, 0.29) is 12.4 Å². The van der Waals surface area contributed by atoms with Crippen LogP contribution >= 0.6 is 0 Å². The lowest BCUT2D eigenvalue weighted by Crippen LogP contribution is -1.94. The highest BCUT2D eigenvalue weighted by molar-refractivity contribution is 7.72. The van der Waals surface area contributed by atoms with Crippen molar-refractivity contribution in [2.24, 2.45) is 0 Å². The van der Waals surface area contributed by atoms with E-state index < -0.39 is 10.7 Å². The molecule has 0 bridgehead atoms. The number of hydrogen-bond donors (Lipinski definition) is 2. The first-order valence-electron chi connectivity index (χ1n) is 4.03. The Kier molecular flexibility index (Phi) is 3.92. The van der Waals surface area contributed by atoms with Crippen LogP contribution in [0.15, 0.2) is 24.3 Å². The van der Waals surface area contributed by atoms with E-state index in [4.69, 9.17) is 5.11 Å². The topological polar surface area (TPSA) is 54.4 Å². The Balaban J connectivity index is 2.59. The minimum absolute atomic E-state index is 0.0239. The quantitative estimate of drug-likeness (QED) is 0.689. The smallest absolute Gasteiger partial charge is 0.140 e. The number of aliphatic hydroxyl groups excluding tert-OH is 1. The lowest BCUT2D eigenvalue weighted by atomic mass is 10.1. The molecule has 0 amide bonds. The Labute approximate surface area is 79.0 Å². The van der Waals surface area contributed by atoms with Crippen molar-refractivity contribution in [1.82, 2.24) is 0 Å². The normalized spacial score (nSPS) is 10.6. The fourth-order valence-corrected chi connectivity index (χ4v) is 1.47. The van der Waals surface area contributed by atoms with E-state index in [0.717, 1.165) is 11.1 Å². The molecule has 0 radical (unpaired) electrons. The highest BCUT2D eigenvalue weighted by atomic mass is 32.2. The summed E-state index contributed by atoms with van der Waals surface area (Å²) in [5.74, 6) is 0.188. The first-order valence-corrected chi connectivity index (χ1v) is 5.39. The van der Waals surface area contributed by atoms with Gasteiger partial charge in [0.25, 0.3) is 0 Å². The first-order chi connectivity index (χ1) is 6.22. The van der Waals surface area contributed by atoms with Crippen LogP contribution in [-0.4, -0.2) is 19.3 Å². The van der Waals surface area contributed by atoms with E-state index in [0.29, 0.717) is 6.42 Å². The Bertz CT molecular complexity index is 319. The Hall–Kier alpha value is -0.870. The largest absolute Gasteiger partial charge is 0.392 e. The van der Waals surface area contributed by atoms with Crippen molar-refractivity contribution in [2.75, 3.05) is 5.75 Å². The molecule has 0 aromatic heterocycles. The summed E-state index contributed by atoms with van der Waals surface area (Å²) in [6.07, 6.45) is 0.546. The summed E-state index contributed by atoms with van der Waals surface area (Å²) in [7, 11) is -2.28. The second kappa shape index (κ2) is 4.99. The van der Waals surface area contributed by atoms with Gasteiger partial charge in [-0.05, 0) is 17.5 Å². The van der Waals surface area contributed by atoms with Gasteiger partial charge in [-0.2, -0.15) is 0 Å². The lowest BCUT2D eigenvalue weighted by molar-refractivity contribution is 0.282. The minimum atomic E-state index is -2.28. The van der Waals surface area contributed by atoms with Crippen molar-refractivity contribution in [1.29, 1.82) is 0 Å². The number of rotatable bonds is 4. The highest BCUT2D eigenvalue weighted by Crippen LogP contribution is 2.04. The molecule has 3 nitrogen and oxygen atoms in total. The van der Waals surface area contributed by atoms with Gasteiger partial charge >= 0.3 is 0 Å². The van der Waals surface area contributed by atoms with E-state index in [9.17, 15) is 8.42 Å². The van der Waals surface area contributed by atoms with Gasteiger partial charge < -0.3 is 5.11 Å². The predicted molar refractivity (Wildman–Crippen MR) is 51.3 cm³/mol. The molecule has 4 heteroatoms. The van der Waals surface area contributed by atoms with E-state index in [1.165, 1.54) is 0 Å². The number of hydrogen-bond acceptors (Lipinski definition) is 3. The SMILES string of the molecule is O=[SH](=O)CCc1ccc(CO)cc1. The summed E-state index contributed by atoms with van der Waals surface area (Å²) >= 11 is 0. The molecule has 0 spiro atoms. The number of benzene rings is 1. The second-order valence-electron chi connectivity index (χ2n) is 2.78. The standard InChI is InChI=1S/C9H12O3S/c10-7-9-3-1-8(2-4-9)5-6-13(11)12/h1-4,10,13H,5-7H2. The third-order valence-corrected chi connectivity index (χ3v) is 2.38. The fourth-order valence-electron chi connectivity index (χ4n) is 1.03. The van der Waals surface area contributed by atoms with Crippen LogP contribution in [0.5, 0.6) is 0 Å². The van der Waals surface area contributed by atoms with Crippen LogP contribution in [0, 0.1) is 0 Å². The summed E-state index contributed by atoms with van der Waals surface area (Å²) in [6, 6.07) is 7.27. The zero-order valence-corrected chi connectivity index (χ0v) is 8.04. The van der Waals surface area contributed by atoms with Crippen molar-refractivity contribution in [2.45, 2.75) is 13.0 Å². The molecular formula is C9H12O3S. The number of thiol groups is 1. The summed E-state index contributed by atoms with van der Waals surface area (Å²) < 4.78 is 20.6. The third-order valence-electron chi connectivity index (χ3n) is 1.79. The molecule has 0 saturated heterocycles. The average Bonchev–Trinajstić information content (AvgIpc) is 2.15. The molecule has 0 aliphatic heterocycles. The van der Waals surface area contributed by atoms with Gasteiger partial charge in [0.1, 0.15) is 10.7 Å². The van der Waals surface area contributed by atoms with Crippen molar-refractivity contribution in [3.05, 3.63) is 35.4 Å². The maximum absolute atomic E-state index is 10.3. The van der Waals surface area contributed by atoms with E-state index in [2.05, 4.69) is 0 Å². The van der Waals surface area contributed by atoms with E-state index in [1.807, 2.05) is 12.1 Å².